The van der Waals surface area contributed by atoms with Gasteiger partial charge in [-0.25, -0.2) is 14.8 Å². The Hall–Kier alpha value is -3.12. The Morgan fingerprint density at radius 2 is 1.70 bits per heavy atom. The van der Waals surface area contributed by atoms with Crippen LogP contribution in [0.5, 0.6) is 5.88 Å². The van der Waals surface area contributed by atoms with Crippen LogP contribution in [0.2, 0.25) is 0 Å². The molecule has 2 fully saturated rings. The van der Waals surface area contributed by atoms with Crippen LogP contribution in [-0.2, 0) is 4.79 Å². The number of carboxylic acids is 1. The fourth-order valence-electron chi connectivity index (χ4n) is 5.45. The van der Waals surface area contributed by atoms with Gasteiger partial charge in [0.2, 0.25) is 11.8 Å². The molecule has 0 spiro atoms. The third-order valence-electron chi connectivity index (χ3n) is 7.71. The van der Waals surface area contributed by atoms with Crippen molar-refractivity contribution < 1.29 is 19.4 Å². The molecule has 1 amide bonds. The van der Waals surface area contributed by atoms with E-state index >= 15 is 0 Å². The van der Waals surface area contributed by atoms with Gasteiger partial charge in [-0.3, -0.25) is 4.79 Å². The molecule has 0 unspecified atom stereocenters. The molecule has 1 N–H and O–H groups in total. The SMILES string of the molecule is CC1CCC(C(=O)N(c2cc(C#CC(C)(C)C)sc2C(=O)O)C2CCC(Oc3cc(N(C)C)ncn3)CC2)CC1. The van der Waals surface area contributed by atoms with Gasteiger partial charge in [-0.05, 0) is 84.1 Å². The largest absolute Gasteiger partial charge is 0.477 e. The monoisotopic (exact) mass is 566 g/mol. The van der Waals surface area contributed by atoms with Gasteiger partial charge in [0, 0.05) is 37.5 Å². The van der Waals surface area contributed by atoms with E-state index in [9.17, 15) is 14.7 Å². The zero-order valence-corrected chi connectivity index (χ0v) is 25.4. The fraction of sp³-hybridized carbons (Fsp3) is 0.613. The zero-order valence-electron chi connectivity index (χ0n) is 24.6. The second-order valence-electron chi connectivity index (χ2n) is 12.5. The number of carbonyl (C=O) groups excluding carboxylic acids is 1. The van der Waals surface area contributed by atoms with Crippen molar-refractivity contribution in [1.82, 2.24) is 9.97 Å². The average molecular weight is 567 g/mol. The number of hydrogen-bond acceptors (Lipinski definition) is 7. The van der Waals surface area contributed by atoms with E-state index < -0.39 is 5.97 Å². The Morgan fingerprint density at radius 3 is 2.30 bits per heavy atom. The van der Waals surface area contributed by atoms with Crippen LogP contribution < -0.4 is 14.5 Å². The van der Waals surface area contributed by atoms with Crippen molar-refractivity contribution in [3.63, 3.8) is 0 Å². The summed E-state index contributed by atoms with van der Waals surface area (Å²) in [5, 5.41) is 10.1. The summed E-state index contributed by atoms with van der Waals surface area (Å²) in [4.78, 5) is 39.6. The van der Waals surface area contributed by atoms with Crippen LogP contribution in [0.3, 0.4) is 0 Å². The second kappa shape index (κ2) is 12.6. The van der Waals surface area contributed by atoms with E-state index in [4.69, 9.17) is 4.74 Å². The Labute approximate surface area is 242 Å². The van der Waals surface area contributed by atoms with Crippen LogP contribution in [0.1, 0.15) is 93.6 Å². The van der Waals surface area contributed by atoms with E-state index in [1.807, 2.05) is 56.8 Å². The molecular weight excluding hydrogens is 524 g/mol. The van der Waals surface area contributed by atoms with E-state index in [0.717, 1.165) is 68.5 Å². The summed E-state index contributed by atoms with van der Waals surface area (Å²) in [5.74, 6) is 7.26. The number of rotatable bonds is 7. The highest BCUT2D eigenvalue weighted by Gasteiger charge is 2.38. The van der Waals surface area contributed by atoms with E-state index in [1.165, 1.54) is 6.33 Å². The van der Waals surface area contributed by atoms with E-state index in [0.29, 0.717) is 22.4 Å². The molecule has 8 nitrogen and oxygen atoms in total. The van der Waals surface area contributed by atoms with Gasteiger partial charge in [0.1, 0.15) is 23.1 Å². The molecule has 9 heteroatoms. The van der Waals surface area contributed by atoms with Crippen LogP contribution in [0.25, 0.3) is 0 Å². The smallest absolute Gasteiger partial charge is 0.348 e. The van der Waals surface area contributed by atoms with Gasteiger partial charge in [0.05, 0.1) is 10.6 Å². The molecule has 40 heavy (non-hydrogen) atoms. The number of carboxylic acid groups (broad SMARTS) is 1. The minimum atomic E-state index is -1.02. The molecule has 0 radical (unpaired) electrons. The van der Waals surface area contributed by atoms with Crippen LogP contribution >= 0.6 is 11.3 Å². The number of ether oxygens (including phenoxy) is 1. The quantitative estimate of drug-likeness (QED) is 0.396. The molecule has 0 bridgehead atoms. The predicted molar refractivity (Wildman–Crippen MR) is 159 cm³/mol. The topological polar surface area (TPSA) is 95.9 Å². The maximum Gasteiger partial charge on any atom is 0.348 e. The molecule has 0 aromatic carbocycles. The Bertz CT molecular complexity index is 1260. The molecule has 2 aliphatic rings. The Morgan fingerprint density at radius 1 is 1.02 bits per heavy atom. The van der Waals surface area contributed by atoms with Crippen LogP contribution in [0, 0.1) is 29.1 Å². The predicted octanol–water partition coefficient (Wildman–Crippen LogP) is 6.25. The second-order valence-corrected chi connectivity index (χ2v) is 13.5. The van der Waals surface area contributed by atoms with Gasteiger partial charge in [0.15, 0.2) is 0 Å². The summed E-state index contributed by atoms with van der Waals surface area (Å²) in [6.45, 7) is 8.31. The first-order valence-electron chi connectivity index (χ1n) is 14.3. The number of thiophene rings is 1. The third kappa shape index (κ3) is 7.54. The average Bonchev–Trinajstić information content (AvgIpc) is 3.33. The van der Waals surface area contributed by atoms with E-state index in [1.54, 1.807) is 0 Å². The van der Waals surface area contributed by atoms with Crippen molar-refractivity contribution in [2.24, 2.45) is 17.3 Å². The normalized spacial score (nSPS) is 23.1. The highest BCUT2D eigenvalue weighted by Crippen LogP contribution is 2.39. The van der Waals surface area contributed by atoms with Gasteiger partial charge in [-0.15, -0.1) is 11.3 Å². The summed E-state index contributed by atoms with van der Waals surface area (Å²) in [7, 11) is 3.84. The summed E-state index contributed by atoms with van der Waals surface area (Å²) in [6, 6.07) is 3.56. The molecule has 0 atom stereocenters. The van der Waals surface area contributed by atoms with Crippen molar-refractivity contribution in [2.45, 2.75) is 91.2 Å². The summed E-state index contributed by atoms with van der Waals surface area (Å²) in [5.41, 5.74) is 0.284. The van der Waals surface area contributed by atoms with Crippen molar-refractivity contribution >= 4 is 34.7 Å². The lowest BCUT2D eigenvalue weighted by atomic mass is 9.81. The maximum atomic E-state index is 14.1. The minimum absolute atomic E-state index is 0.0247. The van der Waals surface area contributed by atoms with Gasteiger partial charge >= 0.3 is 5.97 Å². The number of amides is 1. The third-order valence-corrected chi connectivity index (χ3v) is 8.74. The molecule has 2 aromatic rings. The molecule has 2 heterocycles. The summed E-state index contributed by atoms with van der Waals surface area (Å²) >= 11 is 1.16. The standard InChI is InChI=1S/C31H42N4O4S/c1-20-7-9-21(10-8-20)29(36)35(25-17-24(15-16-31(2,3)4)40-28(25)30(37)38)22-11-13-23(14-12-22)39-27-18-26(34(5)6)32-19-33-27/h17-23H,7-14H2,1-6H3,(H,37,38). The van der Waals surface area contributed by atoms with Crippen LogP contribution in [0.15, 0.2) is 18.5 Å². The highest BCUT2D eigenvalue weighted by atomic mass is 32.1. The molecule has 0 aliphatic heterocycles. The first kappa shape index (κ1) is 29.9. The maximum absolute atomic E-state index is 14.1. The molecule has 216 valence electrons. The lowest BCUT2D eigenvalue weighted by Crippen LogP contribution is -2.47. The van der Waals surface area contributed by atoms with Crippen LogP contribution in [0.4, 0.5) is 11.5 Å². The van der Waals surface area contributed by atoms with Crippen molar-refractivity contribution in [3.8, 4) is 17.7 Å². The molecule has 4 rings (SSSR count). The number of carbonyl (C=O) groups is 2. The van der Waals surface area contributed by atoms with E-state index in [-0.39, 0.29) is 34.3 Å². The van der Waals surface area contributed by atoms with E-state index in [2.05, 4.69) is 28.7 Å². The molecule has 0 saturated heterocycles. The van der Waals surface area contributed by atoms with Crippen molar-refractivity contribution in [2.75, 3.05) is 23.9 Å². The Kier molecular flexibility index (Phi) is 9.40. The Balaban J connectivity index is 1.59. The van der Waals surface area contributed by atoms with Gasteiger partial charge in [0.25, 0.3) is 0 Å². The van der Waals surface area contributed by atoms with Gasteiger partial charge in [-0.1, -0.05) is 18.8 Å². The molecule has 2 aliphatic carbocycles. The number of hydrogen-bond donors (Lipinski definition) is 1. The fourth-order valence-corrected chi connectivity index (χ4v) is 6.30. The number of nitrogens with zero attached hydrogens (tertiary/aromatic N) is 4. The first-order chi connectivity index (χ1) is 18.9. The molecular formula is C31H42N4O4S. The number of aromatic nitrogens is 2. The highest BCUT2D eigenvalue weighted by molar-refractivity contribution is 7.15. The first-order valence-corrected chi connectivity index (χ1v) is 15.1. The molecule has 2 saturated carbocycles. The van der Waals surface area contributed by atoms with Crippen LogP contribution in [-0.4, -0.2) is 53.2 Å². The minimum Gasteiger partial charge on any atom is -0.477 e. The van der Waals surface area contributed by atoms with Crippen molar-refractivity contribution in [1.29, 1.82) is 0 Å². The van der Waals surface area contributed by atoms with Gasteiger partial charge < -0.3 is 19.6 Å². The lowest BCUT2D eigenvalue weighted by molar-refractivity contribution is -0.124. The number of aromatic carboxylic acids is 1. The van der Waals surface area contributed by atoms with Crippen molar-refractivity contribution in [3.05, 3.63) is 28.2 Å². The number of anilines is 2. The summed E-state index contributed by atoms with van der Waals surface area (Å²) in [6.07, 6.45) is 8.18. The van der Waals surface area contributed by atoms with Gasteiger partial charge in [-0.2, -0.15) is 0 Å². The molecule has 2 aromatic heterocycles. The lowest BCUT2D eigenvalue weighted by Gasteiger charge is -2.39. The zero-order chi connectivity index (χ0) is 29.0. The summed E-state index contributed by atoms with van der Waals surface area (Å²) < 4.78 is 6.21.